The van der Waals surface area contributed by atoms with E-state index in [1.807, 2.05) is 27.0 Å². The highest BCUT2D eigenvalue weighted by Crippen LogP contribution is 2.34. The molecule has 0 aromatic rings. The summed E-state index contributed by atoms with van der Waals surface area (Å²) in [6.07, 6.45) is 4.13. The van der Waals surface area contributed by atoms with Gasteiger partial charge in [0.2, 0.25) is 0 Å². The van der Waals surface area contributed by atoms with Gasteiger partial charge in [0.25, 0.3) is 0 Å². The van der Waals surface area contributed by atoms with Gasteiger partial charge in [0.15, 0.2) is 0 Å². The van der Waals surface area contributed by atoms with E-state index in [1.54, 1.807) is 19.9 Å². The summed E-state index contributed by atoms with van der Waals surface area (Å²) in [5.74, 6) is 0. The van der Waals surface area contributed by atoms with Crippen LogP contribution in [0, 0.1) is 0 Å². The van der Waals surface area contributed by atoms with E-state index in [0.29, 0.717) is 17.6 Å². The third-order valence-corrected chi connectivity index (χ3v) is 4.90. The van der Waals surface area contributed by atoms with Crippen molar-refractivity contribution in [3.8, 4) is 0 Å². The largest absolute Gasteiger partial charge is 0.416 e. The first-order chi connectivity index (χ1) is 12.7. The SMILES string of the molecule is C\C=C(CF)/C(=C\C(=C\CC)C(F)(F)F)C(/C=C1/CCCN1C)=C(C)CC. The fourth-order valence-electron chi connectivity index (χ4n) is 3.08. The zero-order valence-electron chi connectivity index (χ0n) is 17.0. The molecule has 0 aromatic carbocycles. The van der Waals surface area contributed by atoms with Crippen molar-refractivity contribution in [1.29, 1.82) is 0 Å². The number of likely N-dealkylation sites (tertiary alicyclic amines) is 1. The van der Waals surface area contributed by atoms with Crippen LogP contribution < -0.4 is 0 Å². The molecule has 1 aliphatic rings. The lowest BCUT2D eigenvalue weighted by Crippen LogP contribution is -2.13. The van der Waals surface area contributed by atoms with Crippen molar-refractivity contribution in [1.82, 2.24) is 4.90 Å². The minimum atomic E-state index is -4.47. The minimum Gasteiger partial charge on any atom is -0.378 e. The summed E-state index contributed by atoms with van der Waals surface area (Å²) in [4.78, 5) is 2.11. The molecule has 1 rings (SSSR count). The maximum Gasteiger partial charge on any atom is 0.416 e. The third kappa shape index (κ3) is 6.40. The van der Waals surface area contributed by atoms with Crippen LogP contribution in [0.3, 0.4) is 0 Å². The van der Waals surface area contributed by atoms with Crippen molar-refractivity contribution in [2.24, 2.45) is 0 Å². The standard InChI is InChI=1S/C22H31F4N/c1-6-10-18(22(24,25)26)13-21(17(8-3)15-23)20(16(4)7-2)14-19-11-9-12-27(19)5/h8,10,13-14H,6-7,9,11-12,15H2,1-5H3/b17-8-,18-10-,19-14-,20-16?,21-13+. The normalized spacial score (nSPS) is 19.8. The molecule has 1 aliphatic heterocycles. The van der Waals surface area contributed by atoms with Gasteiger partial charge in [-0.25, -0.2) is 4.39 Å². The Morgan fingerprint density at radius 2 is 1.89 bits per heavy atom. The Morgan fingerprint density at radius 1 is 1.22 bits per heavy atom. The van der Waals surface area contributed by atoms with Gasteiger partial charge in [0, 0.05) is 19.3 Å². The Labute approximate surface area is 160 Å². The van der Waals surface area contributed by atoms with E-state index >= 15 is 0 Å². The molecule has 0 aromatic heterocycles. The zero-order chi connectivity index (χ0) is 20.6. The van der Waals surface area contributed by atoms with E-state index in [2.05, 4.69) is 4.90 Å². The molecular formula is C22H31F4N. The van der Waals surface area contributed by atoms with Gasteiger partial charge in [-0.05, 0) is 68.4 Å². The average molecular weight is 385 g/mol. The van der Waals surface area contributed by atoms with Crippen molar-refractivity contribution in [2.45, 2.75) is 59.6 Å². The van der Waals surface area contributed by atoms with E-state index in [4.69, 9.17) is 0 Å². The molecule has 5 heteroatoms. The molecule has 1 saturated heterocycles. The van der Waals surface area contributed by atoms with Crippen molar-refractivity contribution in [3.63, 3.8) is 0 Å². The summed E-state index contributed by atoms with van der Waals surface area (Å²) < 4.78 is 54.2. The van der Waals surface area contributed by atoms with Gasteiger partial charge >= 0.3 is 6.18 Å². The van der Waals surface area contributed by atoms with E-state index in [-0.39, 0.29) is 12.0 Å². The van der Waals surface area contributed by atoms with E-state index in [0.717, 1.165) is 42.8 Å². The molecule has 0 radical (unpaired) electrons. The highest BCUT2D eigenvalue weighted by Gasteiger charge is 2.32. The lowest BCUT2D eigenvalue weighted by atomic mass is 9.90. The van der Waals surface area contributed by atoms with Gasteiger partial charge in [-0.15, -0.1) is 0 Å². The van der Waals surface area contributed by atoms with Crippen LogP contribution in [-0.2, 0) is 0 Å². The summed E-state index contributed by atoms with van der Waals surface area (Å²) in [7, 11) is 1.98. The number of alkyl halides is 4. The van der Waals surface area contributed by atoms with Crippen LogP contribution in [0.1, 0.15) is 53.4 Å². The van der Waals surface area contributed by atoms with Crippen LogP contribution in [0.5, 0.6) is 0 Å². The summed E-state index contributed by atoms with van der Waals surface area (Å²) in [6.45, 7) is 7.30. The zero-order valence-corrected chi connectivity index (χ0v) is 17.0. The highest BCUT2D eigenvalue weighted by molar-refractivity contribution is 5.57. The summed E-state index contributed by atoms with van der Waals surface area (Å²) in [5, 5.41) is 0. The van der Waals surface area contributed by atoms with Gasteiger partial charge in [-0.1, -0.05) is 31.6 Å². The number of rotatable bonds is 7. The maximum absolute atomic E-state index is 13.7. The van der Waals surface area contributed by atoms with Crippen LogP contribution in [0.2, 0.25) is 0 Å². The molecule has 27 heavy (non-hydrogen) atoms. The summed E-state index contributed by atoms with van der Waals surface area (Å²) >= 11 is 0. The first kappa shape index (κ1) is 23.3. The Balaban J connectivity index is 3.69. The van der Waals surface area contributed by atoms with E-state index in [9.17, 15) is 17.6 Å². The second kappa shape index (κ2) is 10.5. The summed E-state index contributed by atoms with van der Waals surface area (Å²) in [6, 6.07) is 0. The quantitative estimate of drug-likeness (QED) is 0.335. The van der Waals surface area contributed by atoms with Gasteiger partial charge in [-0.3, -0.25) is 0 Å². The van der Waals surface area contributed by atoms with E-state index < -0.39 is 18.4 Å². The molecular weight excluding hydrogens is 354 g/mol. The van der Waals surface area contributed by atoms with E-state index in [1.165, 1.54) is 0 Å². The second-order valence-electron chi connectivity index (χ2n) is 6.78. The number of hydrogen-bond acceptors (Lipinski definition) is 1. The third-order valence-electron chi connectivity index (χ3n) is 4.90. The number of halogens is 4. The molecule has 0 spiro atoms. The van der Waals surface area contributed by atoms with Crippen LogP contribution in [0.25, 0.3) is 0 Å². The lowest BCUT2D eigenvalue weighted by Gasteiger charge is -2.19. The molecule has 0 amide bonds. The topological polar surface area (TPSA) is 3.24 Å². The van der Waals surface area contributed by atoms with Crippen LogP contribution in [0.15, 0.2) is 57.9 Å². The maximum atomic E-state index is 13.7. The fraction of sp³-hybridized carbons (Fsp3) is 0.545. The van der Waals surface area contributed by atoms with Gasteiger partial charge < -0.3 is 4.90 Å². The van der Waals surface area contributed by atoms with Gasteiger partial charge in [0.1, 0.15) is 6.67 Å². The fourth-order valence-corrected chi connectivity index (χ4v) is 3.08. The molecule has 0 bridgehead atoms. The number of allylic oxidation sites excluding steroid dienone is 10. The Hall–Kier alpha value is -1.78. The van der Waals surface area contributed by atoms with Crippen molar-refractivity contribution < 1.29 is 17.6 Å². The predicted molar refractivity (Wildman–Crippen MR) is 105 cm³/mol. The average Bonchev–Trinajstić information content (AvgIpc) is 3.02. The van der Waals surface area contributed by atoms with Crippen LogP contribution in [-0.4, -0.2) is 31.3 Å². The van der Waals surface area contributed by atoms with Gasteiger partial charge in [0.05, 0.1) is 5.57 Å². The predicted octanol–water partition coefficient (Wildman–Crippen LogP) is 7.06. The minimum absolute atomic E-state index is 0.259. The molecule has 0 saturated carbocycles. The number of hydrogen-bond donors (Lipinski definition) is 0. The monoisotopic (exact) mass is 385 g/mol. The first-order valence-corrected chi connectivity index (χ1v) is 9.51. The van der Waals surface area contributed by atoms with Gasteiger partial charge in [-0.2, -0.15) is 13.2 Å². The van der Waals surface area contributed by atoms with Crippen molar-refractivity contribution >= 4 is 0 Å². The number of nitrogens with zero attached hydrogens (tertiary/aromatic N) is 1. The Kier molecular flexibility index (Phi) is 9.07. The Morgan fingerprint density at radius 3 is 2.30 bits per heavy atom. The molecule has 0 atom stereocenters. The van der Waals surface area contributed by atoms with Crippen molar-refractivity contribution in [2.75, 3.05) is 20.3 Å². The van der Waals surface area contributed by atoms with Crippen LogP contribution in [0.4, 0.5) is 17.6 Å². The molecule has 1 heterocycles. The molecule has 0 N–H and O–H groups in total. The highest BCUT2D eigenvalue weighted by atomic mass is 19.4. The first-order valence-electron chi connectivity index (χ1n) is 9.51. The smallest absolute Gasteiger partial charge is 0.378 e. The molecule has 1 nitrogen and oxygen atoms in total. The second-order valence-corrected chi connectivity index (χ2v) is 6.78. The molecule has 1 fully saturated rings. The van der Waals surface area contributed by atoms with Crippen LogP contribution >= 0.6 is 0 Å². The Bertz CT molecular complexity index is 660. The lowest BCUT2D eigenvalue weighted by molar-refractivity contribution is -0.0884. The molecule has 0 unspecified atom stereocenters. The summed E-state index contributed by atoms with van der Waals surface area (Å²) in [5.41, 5.74) is 2.59. The molecule has 0 aliphatic carbocycles. The molecule has 152 valence electrons. The van der Waals surface area contributed by atoms with Crippen molar-refractivity contribution in [3.05, 3.63) is 57.9 Å².